The molecule has 0 aliphatic heterocycles. The lowest BCUT2D eigenvalue weighted by Crippen LogP contribution is -2.49. The average Bonchev–Trinajstić information content (AvgIpc) is 2.57. The fraction of sp³-hybridized carbons (Fsp3) is 0.842. The topological polar surface area (TPSA) is 104 Å². The molecule has 0 aromatic rings. The van der Waals surface area contributed by atoms with Gasteiger partial charge in [-0.2, -0.15) is 0 Å². The van der Waals surface area contributed by atoms with Crippen LogP contribution in [-0.4, -0.2) is 55.8 Å². The first-order valence-corrected chi connectivity index (χ1v) is 9.85. The molecule has 1 aliphatic carbocycles. The van der Waals surface area contributed by atoms with Gasteiger partial charge in [-0.1, -0.05) is 13.8 Å². The molecule has 0 radical (unpaired) electrons. The number of nitrogens with one attached hydrogen (secondary N) is 4. The average molecular weight is 384 g/mol. The first-order chi connectivity index (χ1) is 12.6. The van der Waals surface area contributed by atoms with Gasteiger partial charge in [-0.15, -0.1) is 0 Å². The maximum atomic E-state index is 11.9. The Bertz CT molecular complexity index is 506. The highest BCUT2D eigenvalue weighted by Crippen LogP contribution is 2.19. The number of nitrogens with zero attached hydrogens (tertiary/aromatic N) is 1. The second-order valence-corrected chi connectivity index (χ2v) is 8.28. The van der Waals surface area contributed by atoms with Crippen molar-refractivity contribution in [3.05, 3.63) is 0 Å². The molecule has 4 N–H and O–H groups in total. The predicted molar refractivity (Wildman–Crippen MR) is 108 cm³/mol. The minimum Gasteiger partial charge on any atom is -0.444 e. The second kappa shape index (κ2) is 11.0. The van der Waals surface area contributed by atoms with E-state index in [-0.39, 0.29) is 24.0 Å². The van der Waals surface area contributed by atoms with Crippen LogP contribution < -0.4 is 21.3 Å². The number of rotatable bonds is 6. The van der Waals surface area contributed by atoms with E-state index in [0.717, 1.165) is 31.6 Å². The van der Waals surface area contributed by atoms with Crippen LogP contribution in [0.1, 0.15) is 60.3 Å². The quantitative estimate of drug-likeness (QED) is 0.318. The summed E-state index contributed by atoms with van der Waals surface area (Å²) < 4.78 is 5.31. The molecule has 0 spiro atoms. The van der Waals surface area contributed by atoms with Crippen molar-refractivity contribution in [3.63, 3.8) is 0 Å². The minimum absolute atomic E-state index is 0.00749. The van der Waals surface area contributed by atoms with Crippen LogP contribution in [0.3, 0.4) is 0 Å². The van der Waals surface area contributed by atoms with Gasteiger partial charge < -0.3 is 26.0 Å². The molecular weight excluding hydrogens is 346 g/mol. The third-order valence-corrected chi connectivity index (χ3v) is 4.25. The number of hydrogen-bond acceptors (Lipinski definition) is 4. The van der Waals surface area contributed by atoms with Crippen LogP contribution in [0, 0.1) is 5.92 Å². The number of amides is 2. The van der Waals surface area contributed by atoms with Gasteiger partial charge >= 0.3 is 6.09 Å². The summed E-state index contributed by atoms with van der Waals surface area (Å²) in [6, 6.07) is 0.470. The summed E-state index contributed by atoms with van der Waals surface area (Å²) in [5.41, 5.74) is -0.477. The van der Waals surface area contributed by atoms with Crippen LogP contribution >= 0.6 is 0 Å². The highest BCUT2D eigenvalue weighted by atomic mass is 16.6. The molecule has 1 rings (SSSR count). The molecule has 8 heteroatoms. The molecule has 0 aromatic carbocycles. The molecule has 1 fully saturated rings. The van der Waals surface area contributed by atoms with Gasteiger partial charge in [0.2, 0.25) is 5.91 Å². The summed E-state index contributed by atoms with van der Waals surface area (Å²) in [5, 5.41) is 12.4. The van der Waals surface area contributed by atoms with E-state index >= 15 is 0 Å². The fourth-order valence-electron chi connectivity index (χ4n) is 2.82. The molecule has 0 bridgehead atoms. The summed E-state index contributed by atoms with van der Waals surface area (Å²) in [6.07, 6.45) is 3.35. The highest BCUT2D eigenvalue weighted by Gasteiger charge is 2.25. The number of carbonyl (C=O) groups is 2. The molecule has 0 unspecified atom stereocenters. The van der Waals surface area contributed by atoms with E-state index in [0.29, 0.717) is 19.1 Å². The zero-order chi connectivity index (χ0) is 20.4. The smallest absolute Gasteiger partial charge is 0.407 e. The number of guanidine groups is 1. The molecule has 8 nitrogen and oxygen atoms in total. The largest absolute Gasteiger partial charge is 0.444 e. The van der Waals surface area contributed by atoms with Crippen molar-refractivity contribution < 1.29 is 14.3 Å². The predicted octanol–water partition coefficient (Wildman–Crippen LogP) is 1.76. The lowest BCUT2D eigenvalue weighted by atomic mass is 9.91. The summed E-state index contributed by atoms with van der Waals surface area (Å²) in [6.45, 7) is 10.5. The number of alkyl carbamates (subject to hydrolysis) is 1. The van der Waals surface area contributed by atoms with E-state index in [1.54, 1.807) is 7.05 Å². The number of carbonyl (C=O) groups excluding carboxylic acids is 2. The maximum absolute atomic E-state index is 11.9. The van der Waals surface area contributed by atoms with Crippen molar-refractivity contribution in [3.8, 4) is 0 Å². The third-order valence-electron chi connectivity index (χ3n) is 4.25. The lowest BCUT2D eigenvalue weighted by Gasteiger charge is -2.31. The van der Waals surface area contributed by atoms with Gasteiger partial charge in [0.15, 0.2) is 5.96 Å². The van der Waals surface area contributed by atoms with Crippen molar-refractivity contribution in [2.75, 3.05) is 20.1 Å². The monoisotopic (exact) mass is 383 g/mol. The lowest BCUT2D eigenvalue weighted by molar-refractivity contribution is -0.123. The van der Waals surface area contributed by atoms with E-state index in [1.165, 1.54) is 0 Å². The fourth-order valence-corrected chi connectivity index (χ4v) is 2.82. The third kappa shape index (κ3) is 10.1. The summed E-state index contributed by atoms with van der Waals surface area (Å²) in [7, 11) is 1.73. The van der Waals surface area contributed by atoms with E-state index in [9.17, 15) is 9.59 Å². The molecule has 27 heavy (non-hydrogen) atoms. The van der Waals surface area contributed by atoms with Gasteiger partial charge in [-0.05, 0) is 46.5 Å². The van der Waals surface area contributed by atoms with Gasteiger partial charge in [0.25, 0.3) is 0 Å². The zero-order valence-corrected chi connectivity index (χ0v) is 17.6. The molecule has 0 saturated heterocycles. The zero-order valence-electron chi connectivity index (χ0n) is 17.6. The van der Waals surface area contributed by atoms with Crippen molar-refractivity contribution in [2.24, 2.45) is 10.9 Å². The van der Waals surface area contributed by atoms with Crippen LogP contribution in [0.4, 0.5) is 4.79 Å². The van der Waals surface area contributed by atoms with E-state index in [1.807, 2.05) is 34.6 Å². The van der Waals surface area contributed by atoms with Gasteiger partial charge in [-0.3, -0.25) is 9.79 Å². The standard InChI is InChI=1S/C19H37N5O3/c1-13(2)16(25)21-11-12-22-17(20-6)23-14-7-9-15(10-8-14)24-18(26)27-19(3,4)5/h13-15H,7-12H2,1-6H3,(H,21,25)(H,24,26)(H2,20,22,23). The van der Waals surface area contributed by atoms with Crippen molar-refractivity contribution >= 4 is 18.0 Å². The molecule has 156 valence electrons. The van der Waals surface area contributed by atoms with E-state index in [4.69, 9.17) is 4.74 Å². The SMILES string of the molecule is CN=C(NCCNC(=O)C(C)C)NC1CCC(NC(=O)OC(C)(C)C)CC1. The first-order valence-electron chi connectivity index (χ1n) is 9.85. The van der Waals surface area contributed by atoms with Crippen LogP contribution in [0.25, 0.3) is 0 Å². The van der Waals surface area contributed by atoms with Gasteiger partial charge in [0.1, 0.15) is 5.60 Å². The van der Waals surface area contributed by atoms with Crippen LogP contribution in [0.15, 0.2) is 4.99 Å². The molecule has 1 saturated carbocycles. The Labute approximate surface area is 163 Å². The number of ether oxygens (including phenoxy) is 1. The van der Waals surface area contributed by atoms with E-state index < -0.39 is 5.60 Å². The number of hydrogen-bond donors (Lipinski definition) is 4. The van der Waals surface area contributed by atoms with Gasteiger partial charge in [0.05, 0.1) is 0 Å². The Morgan fingerprint density at radius 3 is 2.00 bits per heavy atom. The summed E-state index contributed by atoms with van der Waals surface area (Å²) in [5.74, 6) is 0.778. The summed E-state index contributed by atoms with van der Waals surface area (Å²) >= 11 is 0. The summed E-state index contributed by atoms with van der Waals surface area (Å²) in [4.78, 5) is 27.6. The van der Waals surface area contributed by atoms with Crippen molar-refractivity contribution in [1.29, 1.82) is 0 Å². The van der Waals surface area contributed by atoms with Crippen LogP contribution in [-0.2, 0) is 9.53 Å². The molecular formula is C19H37N5O3. The Kier molecular flexibility index (Phi) is 9.38. The maximum Gasteiger partial charge on any atom is 0.407 e. The molecule has 2 amide bonds. The van der Waals surface area contributed by atoms with Crippen molar-refractivity contribution in [1.82, 2.24) is 21.3 Å². The molecule has 0 aromatic heterocycles. The molecule has 0 heterocycles. The Balaban J connectivity index is 2.26. The Hall–Kier alpha value is -1.99. The van der Waals surface area contributed by atoms with Crippen LogP contribution in [0.5, 0.6) is 0 Å². The number of aliphatic imine (C=N–C) groups is 1. The minimum atomic E-state index is -0.477. The van der Waals surface area contributed by atoms with E-state index in [2.05, 4.69) is 26.3 Å². The van der Waals surface area contributed by atoms with Crippen molar-refractivity contribution in [2.45, 2.75) is 78.0 Å². The Morgan fingerprint density at radius 1 is 1.00 bits per heavy atom. The highest BCUT2D eigenvalue weighted by molar-refractivity contribution is 5.80. The second-order valence-electron chi connectivity index (χ2n) is 8.28. The Morgan fingerprint density at radius 2 is 1.52 bits per heavy atom. The molecule has 0 atom stereocenters. The molecule has 1 aliphatic rings. The van der Waals surface area contributed by atoms with Crippen LogP contribution in [0.2, 0.25) is 0 Å². The van der Waals surface area contributed by atoms with Gasteiger partial charge in [-0.25, -0.2) is 4.79 Å². The normalized spacial score (nSPS) is 20.8. The first kappa shape index (κ1) is 23.0. The van der Waals surface area contributed by atoms with Gasteiger partial charge in [0, 0.05) is 38.1 Å².